The highest BCUT2D eigenvalue weighted by Gasteiger charge is 2.05. The first kappa shape index (κ1) is 13.0. The second-order valence-corrected chi connectivity index (χ2v) is 4.72. The van der Waals surface area contributed by atoms with Crippen molar-refractivity contribution in [2.45, 2.75) is 0 Å². The van der Waals surface area contributed by atoms with Gasteiger partial charge in [-0.3, -0.25) is 0 Å². The molecule has 0 amide bonds. The Balaban J connectivity index is 1.75. The summed E-state index contributed by atoms with van der Waals surface area (Å²) < 4.78 is 0. The molecule has 0 aliphatic rings. The number of allylic oxidation sites excluding steroid dienone is 1. The maximum Gasteiger partial charge on any atom is 0.216 e. The fourth-order valence-corrected chi connectivity index (χ4v) is 2.23. The van der Waals surface area contributed by atoms with Gasteiger partial charge < -0.3 is 5.32 Å². The Bertz CT molecular complexity index is 767. The topological polar surface area (TPSA) is 103 Å². The second-order valence-electron chi connectivity index (χ2n) is 4.00. The Labute approximate surface area is 124 Å². The van der Waals surface area contributed by atoms with Crippen LogP contribution in [0.25, 0.3) is 16.8 Å². The molecular weight excluding hydrogens is 286 g/mol. The van der Waals surface area contributed by atoms with Crippen LogP contribution in [0.5, 0.6) is 0 Å². The first-order valence-electron chi connectivity index (χ1n) is 5.96. The molecule has 0 radical (unpaired) electrons. The van der Waals surface area contributed by atoms with E-state index in [4.69, 9.17) is 5.26 Å². The SMILES string of the molecule is N#CC(=CNc1ccc(-c2cscn2)cc1)c1nn[nH]n1. The first-order chi connectivity index (χ1) is 10.4. The van der Waals surface area contributed by atoms with Crippen molar-refractivity contribution in [2.75, 3.05) is 5.32 Å². The van der Waals surface area contributed by atoms with E-state index in [-0.39, 0.29) is 5.82 Å². The van der Waals surface area contributed by atoms with Crippen LogP contribution >= 0.6 is 11.3 Å². The third kappa shape index (κ3) is 2.93. The maximum atomic E-state index is 9.06. The van der Waals surface area contributed by atoms with Gasteiger partial charge in [-0.05, 0) is 17.3 Å². The second kappa shape index (κ2) is 5.94. The summed E-state index contributed by atoms with van der Waals surface area (Å²) in [6, 6.07) is 9.77. The molecule has 1 aromatic carbocycles. The lowest BCUT2D eigenvalue weighted by molar-refractivity contribution is 0.881. The van der Waals surface area contributed by atoms with Gasteiger partial charge in [0, 0.05) is 22.8 Å². The van der Waals surface area contributed by atoms with Gasteiger partial charge in [-0.25, -0.2) is 4.98 Å². The molecule has 0 unspecified atom stereocenters. The van der Waals surface area contributed by atoms with Crippen LogP contribution in [0.4, 0.5) is 5.69 Å². The van der Waals surface area contributed by atoms with Crippen molar-refractivity contribution >= 4 is 22.6 Å². The summed E-state index contributed by atoms with van der Waals surface area (Å²) >= 11 is 1.56. The predicted octanol–water partition coefficient (Wildman–Crippen LogP) is 2.30. The van der Waals surface area contributed by atoms with E-state index in [2.05, 4.69) is 30.9 Å². The van der Waals surface area contributed by atoms with Crippen molar-refractivity contribution in [1.82, 2.24) is 25.6 Å². The highest BCUT2D eigenvalue weighted by Crippen LogP contribution is 2.21. The van der Waals surface area contributed by atoms with Gasteiger partial charge >= 0.3 is 0 Å². The zero-order valence-electron chi connectivity index (χ0n) is 10.7. The van der Waals surface area contributed by atoms with Gasteiger partial charge in [0.15, 0.2) is 0 Å². The molecular formula is C13H9N7S. The van der Waals surface area contributed by atoms with E-state index < -0.39 is 0 Å². The van der Waals surface area contributed by atoms with Crippen molar-refractivity contribution in [3.05, 3.63) is 47.2 Å². The van der Waals surface area contributed by atoms with Crippen molar-refractivity contribution < 1.29 is 0 Å². The molecule has 0 saturated heterocycles. The molecule has 7 nitrogen and oxygen atoms in total. The Morgan fingerprint density at radius 3 is 2.81 bits per heavy atom. The van der Waals surface area contributed by atoms with Crippen molar-refractivity contribution in [2.24, 2.45) is 0 Å². The standard InChI is InChI=1S/C13H9N7S/c14-5-10(13-17-19-20-18-13)6-15-11-3-1-9(2-4-11)12-7-21-8-16-12/h1-4,6-8,15H,(H,17,18,19,20). The Hall–Kier alpha value is -3.05. The van der Waals surface area contributed by atoms with E-state index in [1.165, 1.54) is 0 Å². The Morgan fingerprint density at radius 2 is 2.19 bits per heavy atom. The van der Waals surface area contributed by atoms with Crippen LogP contribution in [0.2, 0.25) is 0 Å². The van der Waals surface area contributed by atoms with Crippen LogP contribution in [0, 0.1) is 11.3 Å². The minimum Gasteiger partial charge on any atom is -0.360 e. The van der Waals surface area contributed by atoms with E-state index in [9.17, 15) is 0 Å². The van der Waals surface area contributed by atoms with E-state index >= 15 is 0 Å². The fraction of sp³-hybridized carbons (Fsp3) is 0. The van der Waals surface area contributed by atoms with Crippen LogP contribution in [0.15, 0.2) is 41.4 Å². The number of anilines is 1. The van der Waals surface area contributed by atoms with Gasteiger partial charge in [-0.2, -0.15) is 10.5 Å². The molecule has 0 aliphatic heterocycles. The van der Waals surface area contributed by atoms with E-state index in [0.29, 0.717) is 5.57 Å². The minimum absolute atomic E-state index is 0.254. The first-order valence-corrected chi connectivity index (χ1v) is 6.90. The number of aromatic nitrogens is 5. The molecule has 0 fully saturated rings. The van der Waals surface area contributed by atoms with Gasteiger partial charge in [0.2, 0.25) is 5.82 Å². The summed E-state index contributed by atoms with van der Waals surface area (Å²) in [6.45, 7) is 0. The number of H-pyrrole nitrogens is 1. The lowest BCUT2D eigenvalue weighted by Crippen LogP contribution is -1.93. The van der Waals surface area contributed by atoms with E-state index in [0.717, 1.165) is 16.9 Å². The number of nitrogens with zero attached hydrogens (tertiary/aromatic N) is 5. The van der Waals surface area contributed by atoms with Crippen LogP contribution < -0.4 is 5.32 Å². The van der Waals surface area contributed by atoms with Crippen LogP contribution in [-0.4, -0.2) is 25.6 Å². The lowest BCUT2D eigenvalue weighted by atomic mass is 10.1. The number of hydrogen-bond acceptors (Lipinski definition) is 7. The highest BCUT2D eigenvalue weighted by molar-refractivity contribution is 7.07. The molecule has 102 valence electrons. The monoisotopic (exact) mass is 295 g/mol. The quantitative estimate of drug-likeness (QED) is 0.716. The molecule has 0 bridgehead atoms. The normalized spacial score (nSPS) is 11.1. The molecule has 2 heterocycles. The Kier molecular flexibility index (Phi) is 3.66. The summed E-state index contributed by atoms with van der Waals surface area (Å²) in [5.41, 5.74) is 4.95. The van der Waals surface area contributed by atoms with E-state index in [1.54, 1.807) is 23.0 Å². The fourth-order valence-electron chi connectivity index (χ4n) is 1.67. The molecule has 3 aromatic rings. The maximum absolute atomic E-state index is 9.06. The number of benzene rings is 1. The zero-order chi connectivity index (χ0) is 14.5. The number of aromatic amines is 1. The molecule has 2 aromatic heterocycles. The molecule has 8 heteroatoms. The summed E-state index contributed by atoms with van der Waals surface area (Å²) in [5.74, 6) is 0.254. The van der Waals surface area contributed by atoms with Crippen LogP contribution in [0.1, 0.15) is 5.82 Å². The highest BCUT2D eigenvalue weighted by atomic mass is 32.1. The van der Waals surface area contributed by atoms with Crippen molar-refractivity contribution in [1.29, 1.82) is 5.26 Å². The largest absolute Gasteiger partial charge is 0.360 e. The summed E-state index contributed by atoms with van der Waals surface area (Å²) in [5, 5.41) is 27.3. The molecule has 3 rings (SSSR count). The number of rotatable bonds is 4. The summed E-state index contributed by atoms with van der Waals surface area (Å²) in [6.07, 6.45) is 1.54. The van der Waals surface area contributed by atoms with Gasteiger partial charge in [0.05, 0.1) is 11.2 Å². The molecule has 0 aliphatic carbocycles. The number of thiazole rings is 1. The molecule has 21 heavy (non-hydrogen) atoms. The predicted molar refractivity (Wildman–Crippen MR) is 78.9 cm³/mol. The number of tetrazole rings is 1. The smallest absolute Gasteiger partial charge is 0.216 e. The van der Waals surface area contributed by atoms with E-state index in [1.807, 2.05) is 35.7 Å². The number of nitriles is 1. The third-order valence-electron chi connectivity index (χ3n) is 2.70. The molecule has 0 spiro atoms. The average molecular weight is 295 g/mol. The number of hydrogen-bond donors (Lipinski definition) is 2. The molecule has 0 atom stereocenters. The molecule has 2 N–H and O–H groups in total. The van der Waals surface area contributed by atoms with Crippen molar-refractivity contribution in [3.8, 4) is 17.3 Å². The lowest BCUT2D eigenvalue weighted by Gasteiger charge is -2.02. The average Bonchev–Trinajstić information content (AvgIpc) is 3.22. The van der Waals surface area contributed by atoms with Crippen LogP contribution in [0.3, 0.4) is 0 Å². The van der Waals surface area contributed by atoms with Gasteiger partial charge in [-0.15, -0.1) is 21.5 Å². The zero-order valence-corrected chi connectivity index (χ0v) is 11.5. The number of nitrogens with one attached hydrogen (secondary N) is 2. The van der Waals surface area contributed by atoms with Gasteiger partial charge in [-0.1, -0.05) is 12.1 Å². The molecule has 0 saturated carbocycles. The third-order valence-corrected chi connectivity index (χ3v) is 3.29. The minimum atomic E-state index is 0.254. The summed E-state index contributed by atoms with van der Waals surface area (Å²) in [7, 11) is 0. The van der Waals surface area contributed by atoms with Gasteiger partial charge in [0.25, 0.3) is 0 Å². The van der Waals surface area contributed by atoms with Gasteiger partial charge in [0.1, 0.15) is 11.6 Å². The van der Waals surface area contributed by atoms with Crippen molar-refractivity contribution in [3.63, 3.8) is 0 Å². The Morgan fingerprint density at radius 1 is 1.33 bits per heavy atom. The summed E-state index contributed by atoms with van der Waals surface area (Å²) in [4.78, 5) is 4.25. The van der Waals surface area contributed by atoms with Crippen LogP contribution in [-0.2, 0) is 0 Å².